The molecule has 2 saturated carbocycles. The molecule has 1 aromatic heterocycles. The maximum absolute atomic E-state index is 13.8. The Labute approximate surface area is 222 Å². The zero-order chi connectivity index (χ0) is 25.6. The first-order chi connectivity index (χ1) is 17.9. The van der Waals surface area contributed by atoms with E-state index in [2.05, 4.69) is 34.1 Å². The number of nitrogens with zero attached hydrogens (tertiary/aromatic N) is 2. The van der Waals surface area contributed by atoms with E-state index in [9.17, 15) is 14.4 Å². The molecular formula is C28H27N3O4S2. The minimum atomic E-state index is -0.304. The summed E-state index contributed by atoms with van der Waals surface area (Å²) in [5.41, 5.74) is 2.90. The highest BCUT2D eigenvalue weighted by molar-refractivity contribution is 8.00. The van der Waals surface area contributed by atoms with Gasteiger partial charge in [0.2, 0.25) is 11.8 Å². The smallest absolute Gasteiger partial charge is 0.305 e. The van der Waals surface area contributed by atoms with Crippen molar-refractivity contribution in [1.82, 2.24) is 4.98 Å². The normalized spacial score (nSPS) is 31.3. The van der Waals surface area contributed by atoms with E-state index in [0.29, 0.717) is 11.4 Å². The highest BCUT2D eigenvalue weighted by Crippen LogP contribution is 2.68. The number of anilines is 2. The van der Waals surface area contributed by atoms with Gasteiger partial charge in [0, 0.05) is 35.8 Å². The number of imide groups is 1. The largest absolute Gasteiger partial charge is 0.497 e. The summed E-state index contributed by atoms with van der Waals surface area (Å²) < 4.78 is 5.26. The molecule has 7 rings (SSSR count). The Bertz CT molecular complexity index is 1460. The molecule has 2 amide bonds. The van der Waals surface area contributed by atoms with Crippen LogP contribution in [0.4, 0.5) is 11.4 Å². The average Bonchev–Trinajstić information content (AvgIpc) is 3.63. The molecule has 2 aliphatic carbocycles. The second-order valence-electron chi connectivity index (χ2n) is 10.7. The lowest BCUT2D eigenvalue weighted by Crippen LogP contribution is -2.42. The summed E-state index contributed by atoms with van der Waals surface area (Å²) in [7, 11) is 5.64. The molecule has 9 heteroatoms. The fraction of sp³-hybridized carbons (Fsp3) is 0.393. The number of rotatable bonds is 4. The number of carbonyl (C=O) groups is 2. The SMILES string of the molecule is COc1ccc(N2C(=O)C3C4CC(C3C2=O)C2C4Sc3[nH]c(=O)sc3[C@@H]2c2ccc(N(C)C)cc2)cc1. The number of thiazole rings is 1. The summed E-state index contributed by atoms with van der Waals surface area (Å²) in [6.07, 6.45) is 0.886. The van der Waals surface area contributed by atoms with Gasteiger partial charge < -0.3 is 14.6 Å². The molecule has 4 aliphatic rings. The van der Waals surface area contributed by atoms with E-state index >= 15 is 0 Å². The molecule has 0 radical (unpaired) electrons. The number of nitrogens with one attached hydrogen (secondary N) is 1. The summed E-state index contributed by atoms with van der Waals surface area (Å²) in [4.78, 5) is 47.6. The number of benzene rings is 2. The van der Waals surface area contributed by atoms with Crippen LogP contribution in [0.25, 0.3) is 0 Å². The molecule has 2 bridgehead atoms. The van der Waals surface area contributed by atoms with Crippen LogP contribution in [0, 0.1) is 29.6 Å². The van der Waals surface area contributed by atoms with Gasteiger partial charge in [-0.05, 0) is 66.1 Å². The standard InChI is InChI=1S/C28H27N3O4S2/c1-30(2)14-6-4-13(5-7-14)19-20-17-12-18(23(20)36-25-24(19)37-28(34)29-25)22-21(17)26(32)31(27(22)33)15-8-10-16(35-3)11-9-15/h4-11,17-23H,12H2,1-3H3,(H,29,34)/t17?,18?,19-,20?,21?,22?,23?/m1/s1. The van der Waals surface area contributed by atoms with Crippen molar-refractivity contribution in [2.24, 2.45) is 29.6 Å². The third-order valence-corrected chi connectivity index (χ3v) is 11.4. The maximum Gasteiger partial charge on any atom is 0.305 e. The number of amides is 2. The predicted molar refractivity (Wildman–Crippen MR) is 145 cm³/mol. The van der Waals surface area contributed by atoms with Crippen LogP contribution >= 0.6 is 23.1 Å². The number of aromatic nitrogens is 1. The monoisotopic (exact) mass is 533 g/mol. The van der Waals surface area contributed by atoms with E-state index in [4.69, 9.17) is 4.74 Å². The Morgan fingerprint density at radius 2 is 1.62 bits per heavy atom. The Hall–Kier alpha value is -3.04. The Kier molecular flexibility index (Phi) is 5.14. The molecule has 6 unspecified atom stereocenters. The van der Waals surface area contributed by atoms with Gasteiger partial charge in [-0.25, -0.2) is 0 Å². The van der Waals surface area contributed by atoms with Crippen LogP contribution in [0.1, 0.15) is 22.8 Å². The number of carbonyl (C=O) groups excluding carboxylic acids is 2. The molecule has 3 fully saturated rings. The van der Waals surface area contributed by atoms with Crippen LogP contribution in [0.5, 0.6) is 5.75 Å². The number of ether oxygens (including phenoxy) is 1. The van der Waals surface area contributed by atoms with Crippen molar-refractivity contribution < 1.29 is 14.3 Å². The summed E-state index contributed by atoms with van der Waals surface area (Å²) in [6, 6.07) is 15.7. The average molecular weight is 534 g/mol. The van der Waals surface area contributed by atoms with Crippen molar-refractivity contribution in [1.29, 1.82) is 0 Å². The van der Waals surface area contributed by atoms with Gasteiger partial charge in [0.25, 0.3) is 0 Å². The van der Waals surface area contributed by atoms with Gasteiger partial charge in [-0.2, -0.15) is 0 Å². The molecule has 1 N–H and O–H groups in total. The second-order valence-corrected chi connectivity index (χ2v) is 12.9. The van der Waals surface area contributed by atoms with Crippen molar-refractivity contribution in [3.05, 3.63) is 68.6 Å². The third-order valence-electron chi connectivity index (χ3n) is 8.82. The van der Waals surface area contributed by atoms with Crippen molar-refractivity contribution in [2.75, 3.05) is 31.0 Å². The molecule has 3 aromatic rings. The Morgan fingerprint density at radius 1 is 0.946 bits per heavy atom. The van der Waals surface area contributed by atoms with Crippen LogP contribution in [0.2, 0.25) is 0 Å². The minimum Gasteiger partial charge on any atom is -0.497 e. The summed E-state index contributed by atoms with van der Waals surface area (Å²) in [5, 5.41) is 1.13. The van der Waals surface area contributed by atoms with E-state index in [1.807, 2.05) is 14.1 Å². The topological polar surface area (TPSA) is 82.7 Å². The third kappa shape index (κ3) is 3.23. The fourth-order valence-corrected chi connectivity index (χ4v) is 10.2. The van der Waals surface area contributed by atoms with Gasteiger partial charge in [0.05, 0.1) is 29.7 Å². The van der Waals surface area contributed by atoms with E-state index in [0.717, 1.165) is 22.0 Å². The summed E-state index contributed by atoms with van der Waals surface area (Å²) in [5.74, 6) is 0.395. The van der Waals surface area contributed by atoms with Gasteiger partial charge in [0.15, 0.2) is 0 Å². The minimum absolute atomic E-state index is 0.0373. The maximum atomic E-state index is 13.8. The fourth-order valence-electron chi connectivity index (χ4n) is 7.36. The Morgan fingerprint density at radius 3 is 2.27 bits per heavy atom. The lowest BCUT2D eigenvalue weighted by atomic mass is 9.68. The summed E-state index contributed by atoms with van der Waals surface area (Å²) in [6.45, 7) is 0. The first-order valence-corrected chi connectivity index (χ1v) is 14.3. The first-order valence-electron chi connectivity index (χ1n) is 12.6. The highest BCUT2D eigenvalue weighted by atomic mass is 32.2. The summed E-state index contributed by atoms with van der Waals surface area (Å²) >= 11 is 3.01. The van der Waals surface area contributed by atoms with Gasteiger partial charge in [0.1, 0.15) is 5.75 Å². The number of aromatic amines is 1. The van der Waals surface area contributed by atoms with Crippen molar-refractivity contribution in [3.63, 3.8) is 0 Å². The second kappa shape index (κ2) is 8.23. The molecule has 7 nitrogen and oxygen atoms in total. The molecule has 190 valence electrons. The number of hydrogen-bond acceptors (Lipinski definition) is 7. The molecule has 1 saturated heterocycles. The van der Waals surface area contributed by atoms with Crippen LogP contribution in [0.15, 0.2) is 58.4 Å². The molecule has 0 spiro atoms. The molecule has 37 heavy (non-hydrogen) atoms. The molecule has 2 aliphatic heterocycles. The van der Waals surface area contributed by atoms with Crippen molar-refractivity contribution in [2.45, 2.75) is 22.6 Å². The molecule has 3 heterocycles. The number of hydrogen-bond donors (Lipinski definition) is 1. The number of fused-ring (bicyclic) bond motifs is 9. The van der Waals surface area contributed by atoms with Crippen molar-refractivity contribution in [3.8, 4) is 5.75 Å². The van der Waals surface area contributed by atoms with Gasteiger partial charge in [-0.1, -0.05) is 23.5 Å². The zero-order valence-electron chi connectivity index (χ0n) is 20.7. The van der Waals surface area contributed by atoms with E-state index < -0.39 is 0 Å². The van der Waals surface area contributed by atoms with Gasteiger partial charge in [-0.3, -0.25) is 19.3 Å². The number of thioether (sulfide) groups is 1. The lowest BCUT2D eigenvalue weighted by molar-refractivity contribution is -0.123. The van der Waals surface area contributed by atoms with Crippen LogP contribution in [-0.2, 0) is 9.59 Å². The van der Waals surface area contributed by atoms with Crippen LogP contribution in [0.3, 0.4) is 0 Å². The van der Waals surface area contributed by atoms with E-state index in [1.165, 1.54) is 21.8 Å². The van der Waals surface area contributed by atoms with Crippen LogP contribution < -0.4 is 19.4 Å². The zero-order valence-corrected chi connectivity index (χ0v) is 22.3. The quantitative estimate of drug-likeness (QED) is 0.507. The van der Waals surface area contributed by atoms with Crippen molar-refractivity contribution >= 4 is 46.3 Å². The molecular weight excluding hydrogens is 506 g/mol. The van der Waals surface area contributed by atoms with Gasteiger partial charge >= 0.3 is 4.87 Å². The van der Waals surface area contributed by atoms with E-state index in [1.54, 1.807) is 43.1 Å². The molecule has 7 atom stereocenters. The lowest BCUT2D eigenvalue weighted by Gasteiger charge is -2.43. The van der Waals surface area contributed by atoms with Gasteiger partial charge in [-0.15, -0.1) is 11.8 Å². The Balaban J connectivity index is 1.29. The van der Waals surface area contributed by atoms with E-state index in [-0.39, 0.29) is 57.4 Å². The highest BCUT2D eigenvalue weighted by Gasteiger charge is 2.69. The number of H-pyrrole nitrogens is 1. The van der Waals surface area contributed by atoms with Crippen LogP contribution in [-0.4, -0.2) is 43.3 Å². The first kappa shape index (κ1) is 23.1. The molecule has 2 aromatic carbocycles. The number of methoxy groups -OCH3 is 1. The predicted octanol–water partition coefficient (Wildman–Crippen LogP) is 4.19.